The van der Waals surface area contributed by atoms with E-state index < -0.39 is 29.0 Å². The van der Waals surface area contributed by atoms with Crippen molar-refractivity contribution < 1.29 is 26.3 Å². The van der Waals surface area contributed by atoms with Crippen LogP contribution >= 0.6 is 15.9 Å². The lowest BCUT2D eigenvalue weighted by atomic mass is 10.2. The minimum atomic E-state index is -4.69. The third-order valence-corrected chi connectivity index (χ3v) is 3.21. The molecule has 22 heavy (non-hydrogen) atoms. The highest BCUT2D eigenvalue weighted by Gasteiger charge is 2.33. The van der Waals surface area contributed by atoms with Crippen molar-refractivity contribution in [1.82, 2.24) is 9.55 Å². The van der Waals surface area contributed by atoms with Crippen molar-refractivity contribution in [2.75, 3.05) is 0 Å². The van der Waals surface area contributed by atoms with Crippen molar-refractivity contribution in [2.45, 2.75) is 12.4 Å². The summed E-state index contributed by atoms with van der Waals surface area (Å²) < 4.78 is 75.5. The molecule has 0 aliphatic heterocycles. The second kappa shape index (κ2) is 5.41. The summed E-state index contributed by atoms with van der Waals surface area (Å²) in [5.74, 6) is -0.244. The predicted octanol–water partition coefficient (Wildman–Crippen LogP) is 4.03. The van der Waals surface area contributed by atoms with Crippen LogP contribution in [0, 0.1) is 0 Å². The van der Waals surface area contributed by atoms with Gasteiger partial charge in [-0.15, -0.1) is 0 Å². The summed E-state index contributed by atoms with van der Waals surface area (Å²) in [5, 5.41) is 0. The van der Waals surface area contributed by atoms with Crippen molar-refractivity contribution in [3.8, 4) is 5.82 Å². The van der Waals surface area contributed by atoms with Crippen LogP contribution in [0.3, 0.4) is 0 Å². The number of alkyl halides is 6. The van der Waals surface area contributed by atoms with E-state index in [-0.39, 0.29) is 10.3 Å². The van der Waals surface area contributed by atoms with Crippen LogP contribution in [-0.4, -0.2) is 9.55 Å². The second-order valence-corrected chi connectivity index (χ2v) is 5.00. The summed E-state index contributed by atoms with van der Waals surface area (Å²) in [6.45, 7) is 0. The molecule has 0 saturated heterocycles. The molecule has 0 radical (unpaired) electrons. The summed E-state index contributed by atoms with van der Waals surface area (Å²) in [6, 6.07) is 1.66. The molecule has 2 aromatic heterocycles. The molecule has 0 spiro atoms. The number of halogens is 7. The fourth-order valence-corrected chi connectivity index (χ4v) is 2.13. The maximum atomic E-state index is 12.5. The third-order valence-electron chi connectivity index (χ3n) is 2.62. The summed E-state index contributed by atoms with van der Waals surface area (Å²) in [5.41, 5.74) is -3.28. The van der Waals surface area contributed by atoms with Gasteiger partial charge in [0.05, 0.1) is 15.6 Å². The minimum absolute atomic E-state index is 0.177. The zero-order valence-electron chi connectivity index (χ0n) is 10.3. The van der Waals surface area contributed by atoms with Crippen LogP contribution in [-0.2, 0) is 12.4 Å². The first-order valence-corrected chi connectivity index (χ1v) is 6.32. The molecule has 0 fully saturated rings. The average molecular weight is 387 g/mol. The first-order chi connectivity index (χ1) is 10.00. The van der Waals surface area contributed by atoms with Gasteiger partial charge in [0.15, 0.2) is 5.82 Å². The van der Waals surface area contributed by atoms with Crippen LogP contribution in [0.4, 0.5) is 26.3 Å². The SMILES string of the molecule is O=c1cc(C(F)(F)F)ccn1-c1ncc(C(F)(F)F)cc1Br. The van der Waals surface area contributed by atoms with Crippen LogP contribution in [0.15, 0.2) is 39.9 Å². The number of nitrogens with zero attached hydrogens (tertiary/aromatic N) is 2. The van der Waals surface area contributed by atoms with Crippen molar-refractivity contribution in [3.63, 3.8) is 0 Å². The summed E-state index contributed by atoms with van der Waals surface area (Å²) in [6.07, 6.45) is -8.03. The first kappa shape index (κ1) is 16.5. The van der Waals surface area contributed by atoms with Gasteiger partial charge in [-0.3, -0.25) is 9.36 Å². The molecule has 10 heteroatoms. The number of aromatic nitrogens is 2. The van der Waals surface area contributed by atoms with E-state index in [1.807, 2.05) is 0 Å². The highest BCUT2D eigenvalue weighted by molar-refractivity contribution is 9.10. The van der Waals surface area contributed by atoms with Gasteiger partial charge in [-0.25, -0.2) is 4.98 Å². The van der Waals surface area contributed by atoms with E-state index in [9.17, 15) is 31.1 Å². The smallest absolute Gasteiger partial charge is 0.269 e. The Kier molecular flexibility index (Phi) is 4.07. The topological polar surface area (TPSA) is 34.9 Å². The Labute approximate surface area is 127 Å². The quantitative estimate of drug-likeness (QED) is 0.693. The van der Waals surface area contributed by atoms with Gasteiger partial charge in [0, 0.05) is 18.5 Å². The lowest BCUT2D eigenvalue weighted by molar-refractivity contribution is -0.138. The Bertz CT molecular complexity index is 765. The van der Waals surface area contributed by atoms with Crippen LogP contribution < -0.4 is 5.56 Å². The van der Waals surface area contributed by atoms with E-state index >= 15 is 0 Å². The summed E-state index contributed by atoms with van der Waals surface area (Å²) >= 11 is 2.82. The number of hydrogen-bond donors (Lipinski definition) is 0. The van der Waals surface area contributed by atoms with Gasteiger partial charge >= 0.3 is 12.4 Å². The molecular weight excluding hydrogens is 382 g/mol. The van der Waals surface area contributed by atoms with Crippen molar-refractivity contribution in [3.05, 3.63) is 56.5 Å². The van der Waals surface area contributed by atoms with E-state index in [1.54, 1.807) is 0 Å². The molecule has 3 nitrogen and oxygen atoms in total. The number of hydrogen-bond acceptors (Lipinski definition) is 2. The van der Waals surface area contributed by atoms with Gasteiger partial charge in [0.25, 0.3) is 5.56 Å². The minimum Gasteiger partial charge on any atom is -0.269 e. The highest BCUT2D eigenvalue weighted by Crippen LogP contribution is 2.32. The Morgan fingerprint density at radius 2 is 1.59 bits per heavy atom. The summed E-state index contributed by atoms with van der Waals surface area (Å²) in [7, 11) is 0. The molecule has 2 aromatic rings. The molecule has 118 valence electrons. The molecular formula is C12H5BrF6N2O. The van der Waals surface area contributed by atoms with E-state index in [1.165, 1.54) is 0 Å². The Morgan fingerprint density at radius 3 is 2.05 bits per heavy atom. The van der Waals surface area contributed by atoms with Crippen LogP contribution in [0.2, 0.25) is 0 Å². The van der Waals surface area contributed by atoms with E-state index in [0.29, 0.717) is 29.0 Å². The molecule has 0 N–H and O–H groups in total. The van der Waals surface area contributed by atoms with E-state index in [2.05, 4.69) is 20.9 Å². The first-order valence-electron chi connectivity index (χ1n) is 5.53. The predicted molar refractivity (Wildman–Crippen MR) is 67.5 cm³/mol. The van der Waals surface area contributed by atoms with Crippen LogP contribution in [0.25, 0.3) is 5.82 Å². The van der Waals surface area contributed by atoms with Crippen molar-refractivity contribution in [2.24, 2.45) is 0 Å². The lowest BCUT2D eigenvalue weighted by Crippen LogP contribution is -2.21. The molecule has 0 bridgehead atoms. The Balaban J connectivity index is 2.52. The zero-order chi connectivity index (χ0) is 16.7. The van der Waals surface area contributed by atoms with Gasteiger partial charge < -0.3 is 0 Å². The molecule has 2 heterocycles. The molecule has 0 aromatic carbocycles. The molecule has 0 saturated carbocycles. The largest absolute Gasteiger partial charge is 0.417 e. The van der Waals surface area contributed by atoms with Crippen LogP contribution in [0.1, 0.15) is 11.1 Å². The third kappa shape index (κ3) is 3.32. The standard InChI is InChI=1S/C12H5BrF6N2O/c13-8-3-7(12(17,18)19)5-20-10(8)21-2-1-6(4-9(21)22)11(14,15)16/h1-5H. The van der Waals surface area contributed by atoms with Crippen LogP contribution in [0.5, 0.6) is 0 Å². The average Bonchev–Trinajstić information content (AvgIpc) is 2.37. The van der Waals surface area contributed by atoms with Gasteiger partial charge in [-0.05, 0) is 28.1 Å². The van der Waals surface area contributed by atoms with E-state index in [4.69, 9.17) is 0 Å². The molecule has 0 aliphatic carbocycles. The maximum absolute atomic E-state index is 12.5. The Morgan fingerprint density at radius 1 is 1.00 bits per heavy atom. The fraction of sp³-hybridized carbons (Fsp3) is 0.167. The van der Waals surface area contributed by atoms with Crippen molar-refractivity contribution in [1.29, 1.82) is 0 Å². The zero-order valence-corrected chi connectivity index (χ0v) is 11.9. The summed E-state index contributed by atoms with van der Waals surface area (Å²) in [4.78, 5) is 15.2. The number of rotatable bonds is 1. The van der Waals surface area contributed by atoms with Gasteiger partial charge in [-0.2, -0.15) is 26.3 Å². The molecule has 0 atom stereocenters. The molecule has 0 amide bonds. The number of pyridine rings is 2. The molecule has 0 unspecified atom stereocenters. The Hall–Kier alpha value is -1.84. The maximum Gasteiger partial charge on any atom is 0.417 e. The monoisotopic (exact) mass is 386 g/mol. The van der Waals surface area contributed by atoms with Gasteiger partial charge in [0.1, 0.15) is 0 Å². The van der Waals surface area contributed by atoms with E-state index in [0.717, 1.165) is 6.20 Å². The van der Waals surface area contributed by atoms with Gasteiger partial charge in [-0.1, -0.05) is 0 Å². The van der Waals surface area contributed by atoms with Gasteiger partial charge in [0.2, 0.25) is 0 Å². The normalized spacial score (nSPS) is 12.5. The molecule has 2 rings (SSSR count). The second-order valence-electron chi connectivity index (χ2n) is 4.15. The fourth-order valence-electron chi connectivity index (χ4n) is 1.59. The lowest BCUT2D eigenvalue weighted by Gasteiger charge is -2.12. The highest BCUT2D eigenvalue weighted by atomic mass is 79.9. The molecule has 0 aliphatic rings. The van der Waals surface area contributed by atoms with Crippen molar-refractivity contribution >= 4 is 15.9 Å².